The molecular formula is C43H50N2O15. The molecule has 4 N–H and O–H groups in total. The summed E-state index contributed by atoms with van der Waals surface area (Å²) in [5.41, 5.74) is 1.33. The average molecular weight is 835 g/mol. The van der Waals surface area contributed by atoms with Crippen LogP contribution in [0, 0.1) is 25.7 Å². The Labute approximate surface area is 346 Å². The summed E-state index contributed by atoms with van der Waals surface area (Å²) in [5, 5.41) is 30.1. The van der Waals surface area contributed by atoms with Crippen LogP contribution in [0.3, 0.4) is 0 Å². The zero-order valence-corrected chi connectivity index (χ0v) is 34.3. The summed E-state index contributed by atoms with van der Waals surface area (Å²) < 4.78 is 27.4. The summed E-state index contributed by atoms with van der Waals surface area (Å²) in [4.78, 5) is 86.6. The Morgan fingerprint density at radius 2 is 1.33 bits per heavy atom. The summed E-state index contributed by atoms with van der Waals surface area (Å²) in [6.45, 7) is 8.89. The first-order valence-corrected chi connectivity index (χ1v) is 18.9. The fourth-order valence-electron chi connectivity index (χ4n) is 7.07. The second kappa shape index (κ2) is 20.0. The van der Waals surface area contributed by atoms with Gasteiger partial charge < -0.3 is 49.2 Å². The Hall–Kier alpha value is -6.49. The second-order valence-corrected chi connectivity index (χ2v) is 15.3. The number of carboxylic acid groups (broad SMARTS) is 3. The van der Waals surface area contributed by atoms with E-state index in [9.17, 15) is 38.7 Å². The molecule has 2 aliphatic heterocycles. The standard InChI is InChI=1S/C28H33NO8.C15H17NO7/c1-17-12-13-21(20(14-17)26(32)34-5)36-22-16-29(25(31)18-10-8-7-9-11-18)24(27(33)35-6)19(22)15-23(30)37-28(2,3)4;1-7-2-3-10(9(4-7)14(19)20)23-11-6-16-13(15(21)22)8(11)5-12(17)18/h7-14,19,22,24H,15-16H2,1-6H3;2-4,8,11,13,16H,5-6H2,1H3,(H,17,18)(H,19,20)(H,21,22)/t19-,22?,24-;8-,11?,13-/m00/s1. The zero-order chi connectivity index (χ0) is 44.5. The molecule has 17 heteroatoms. The number of esters is 3. The van der Waals surface area contributed by atoms with Crippen LogP contribution in [-0.4, -0.2) is 119 Å². The number of rotatable bonds is 13. The Kier molecular flexibility index (Phi) is 15.4. The molecule has 0 bridgehead atoms. The highest BCUT2D eigenvalue weighted by Crippen LogP contribution is 2.35. The smallest absolute Gasteiger partial charge is 0.341 e. The largest absolute Gasteiger partial charge is 0.488 e. The van der Waals surface area contributed by atoms with Crippen molar-refractivity contribution < 1.29 is 72.6 Å². The number of aromatic carboxylic acids is 1. The van der Waals surface area contributed by atoms with Gasteiger partial charge in [0.2, 0.25) is 0 Å². The molecule has 3 aromatic carbocycles. The van der Waals surface area contributed by atoms with E-state index in [1.807, 2.05) is 6.92 Å². The van der Waals surface area contributed by atoms with Crippen LogP contribution < -0.4 is 14.8 Å². The molecule has 322 valence electrons. The summed E-state index contributed by atoms with van der Waals surface area (Å²) >= 11 is 0. The number of hydrogen-bond acceptors (Lipinski definition) is 13. The van der Waals surface area contributed by atoms with E-state index in [2.05, 4.69) is 5.32 Å². The highest BCUT2D eigenvalue weighted by Gasteiger charge is 2.51. The van der Waals surface area contributed by atoms with Crippen LogP contribution in [0.5, 0.6) is 11.5 Å². The number of benzene rings is 3. The maximum atomic E-state index is 13.5. The predicted molar refractivity (Wildman–Crippen MR) is 212 cm³/mol. The molecule has 2 unspecified atom stereocenters. The first-order chi connectivity index (χ1) is 28.2. The van der Waals surface area contributed by atoms with E-state index in [1.165, 1.54) is 31.3 Å². The van der Waals surface area contributed by atoms with Crippen LogP contribution >= 0.6 is 0 Å². The van der Waals surface area contributed by atoms with Crippen LogP contribution in [-0.2, 0) is 33.4 Å². The lowest BCUT2D eigenvalue weighted by atomic mass is 9.93. The fourth-order valence-corrected chi connectivity index (χ4v) is 7.07. The average Bonchev–Trinajstić information content (AvgIpc) is 3.74. The summed E-state index contributed by atoms with van der Waals surface area (Å²) in [6.07, 6.45) is -2.16. The Morgan fingerprint density at radius 3 is 1.87 bits per heavy atom. The van der Waals surface area contributed by atoms with Gasteiger partial charge in [0, 0.05) is 23.9 Å². The normalized spacial score (nSPS) is 20.8. The van der Waals surface area contributed by atoms with Gasteiger partial charge in [0.25, 0.3) is 5.91 Å². The minimum Gasteiger partial charge on any atom is -0.488 e. The minimum absolute atomic E-state index is 0.0184. The van der Waals surface area contributed by atoms with Gasteiger partial charge in [0.05, 0.1) is 33.6 Å². The number of carbonyl (C=O) groups excluding carboxylic acids is 4. The van der Waals surface area contributed by atoms with Gasteiger partial charge in [-0.3, -0.25) is 19.2 Å². The molecule has 0 aliphatic carbocycles. The lowest BCUT2D eigenvalue weighted by molar-refractivity contribution is -0.158. The van der Waals surface area contributed by atoms with E-state index in [4.69, 9.17) is 33.9 Å². The molecule has 17 nitrogen and oxygen atoms in total. The van der Waals surface area contributed by atoms with Crippen molar-refractivity contribution in [2.45, 2.75) is 77.4 Å². The van der Waals surface area contributed by atoms with Gasteiger partial charge in [-0.1, -0.05) is 41.5 Å². The Morgan fingerprint density at radius 1 is 0.750 bits per heavy atom. The first-order valence-electron chi connectivity index (χ1n) is 18.9. The molecule has 2 aliphatic rings. The van der Waals surface area contributed by atoms with Crippen LogP contribution in [0.1, 0.15) is 75.8 Å². The number of ether oxygens (including phenoxy) is 5. The van der Waals surface area contributed by atoms with Gasteiger partial charge in [-0.2, -0.15) is 0 Å². The second-order valence-electron chi connectivity index (χ2n) is 15.3. The third-order valence-electron chi connectivity index (χ3n) is 9.73. The van der Waals surface area contributed by atoms with Crippen molar-refractivity contribution in [3.05, 3.63) is 94.5 Å². The molecule has 3 aromatic rings. The van der Waals surface area contributed by atoms with Gasteiger partial charge in [-0.05, 0) is 71.0 Å². The monoisotopic (exact) mass is 834 g/mol. The maximum Gasteiger partial charge on any atom is 0.341 e. The van der Waals surface area contributed by atoms with Crippen molar-refractivity contribution in [3.63, 3.8) is 0 Å². The van der Waals surface area contributed by atoms with E-state index in [0.29, 0.717) is 5.56 Å². The SMILES string of the molecule is COC(=O)c1cc(C)ccc1OC1CN(C(=O)c2ccccc2)[C@H](C(=O)OC)[C@H]1CC(=O)OC(C)(C)C.Cc1ccc(OC2CN[C@H](C(=O)O)[C@H]2CC(=O)O)c(C(=O)O)c1. The van der Waals surface area contributed by atoms with Crippen molar-refractivity contribution >= 4 is 41.7 Å². The first kappa shape index (κ1) is 46.2. The Balaban J connectivity index is 0.000000295. The molecular weight excluding hydrogens is 784 g/mol. The lowest BCUT2D eigenvalue weighted by Gasteiger charge is -2.27. The number of amides is 1. The lowest BCUT2D eigenvalue weighted by Crippen LogP contribution is -2.44. The van der Waals surface area contributed by atoms with Gasteiger partial charge >= 0.3 is 35.8 Å². The predicted octanol–water partition coefficient (Wildman–Crippen LogP) is 4.16. The van der Waals surface area contributed by atoms with Gasteiger partial charge in [-0.25, -0.2) is 14.4 Å². The van der Waals surface area contributed by atoms with E-state index >= 15 is 0 Å². The molecule has 1 amide bonds. The highest BCUT2D eigenvalue weighted by atomic mass is 16.6. The number of aryl methyl sites for hydroxylation is 2. The van der Waals surface area contributed by atoms with E-state index in [1.54, 1.807) is 82.3 Å². The molecule has 6 atom stereocenters. The van der Waals surface area contributed by atoms with Crippen molar-refractivity contribution in [2.75, 3.05) is 27.3 Å². The number of nitrogens with zero attached hydrogens (tertiary/aromatic N) is 1. The summed E-state index contributed by atoms with van der Waals surface area (Å²) in [5.74, 6) is -6.99. The summed E-state index contributed by atoms with van der Waals surface area (Å²) in [7, 11) is 2.49. The number of nitrogens with one attached hydrogen (secondary N) is 1. The third kappa shape index (κ3) is 11.8. The molecule has 5 rings (SSSR count). The number of carboxylic acids is 3. The van der Waals surface area contributed by atoms with Gasteiger partial charge in [0.1, 0.15) is 52.5 Å². The van der Waals surface area contributed by atoms with Crippen molar-refractivity contribution in [3.8, 4) is 11.5 Å². The van der Waals surface area contributed by atoms with E-state index < -0.39 is 83.5 Å². The highest BCUT2D eigenvalue weighted by molar-refractivity contribution is 5.98. The van der Waals surface area contributed by atoms with Gasteiger partial charge in [0.15, 0.2) is 0 Å². The number of aliphatic carboxylic acids is 2. The topological polar surface area (TPSA) is 242 Å². The van der Waals surface area contributed by atoms with Crippen LogP contribution in [0.25, 0.3) is 0 Å². The molecule has 0 saturated carbocycles. The number of carbonyl (C=O) groups is 7. The fraction of sp³-hybridized carbons (Fsp3) is 0.419. The number of likely N-dealkylation sites (tertiary alicyclic amines) is 1. The van der Waals surface area contributed by atoms with Crippen LogP contribution in [0.4, 0.5) is 0 Å². The van der Waals surface area contributed by atoms with Crippen LogP contribution in [0.2, 0.25) is 0 Å². The Bertz CT molecular complexity index is 2080. The van der Waals surface area contributed by atoms with Crippen molar-refractivity contribution in [1.29, 1.82) is 0 Å². The zero-order valence-electron chi connectivity index (χ0n) is 34.3. The quantitative estimate of drug-likeness (QED) is 0.140. The molecule has 60 heavy (non-hydrogen) atoms. The van der Waals surface area contributed by atoms with E-state index in [-0.39, 0.29) is 48.6 Å². The van der Waals surface area contributed by atoms with Gasteiger partial charge in [-0.15, -0.1) is 0 Å². The molecule has 0 aromatic heterocycles. The van der Waals surface area contributed by atoms with Crippen molar-refractivity contribution in [1.82, 2.24) is 10.2 Å². The molecule has 2 saturated heterocycles. The number of hydrogen-bond donors (Lipinski definition) is 4. The van der Waals surface area contributed by atoms with Crippen molar-refractivity contribution in [2.24, 2.45) is 11.8 Å². The van der Waals surface area contributed by atoms with Crippen LogP contribution in [0.15, 0.2) is 66.7 Å². The molecule has 0 spiro atoms. The third-order valence-corrected chi connectivity index (χ3v) is 9.73. The molecule has 2 heterocycles. The van der Waals surface area contributed by atoms with E-state index in [0.717, 1.165) is 11.1 Å². The summed E-state index contributed by atoms with van der Waals surface area (Å²) in [6, 6.07) is 16.0. The number of methoxy groups -OCH3 is 2. The minimum atomic E-state index is -1.17. The maximum absolute atomic E-state index is 13.5. The molecule has 2 fully saturated rings. The molecule has 0 radical (unpaired) electrons.